The van der Waals surface area contributed by atoms with Gasteiger partial charge in [-0.05, 0) is 41.6 Å². The molecule has 7 nitrogen and oxygen atoms in total. The van der Waals surface area contributed by atoms with Gasteiger partial charge in [0.25, 0.3) is 0 Å². The second-order valence-corrected chi connectivity index (χ2v) is 7.40. The monoisotopic (exact) mass is 409 g/mol. The highest BCUT2D eigenvalue weighted by Gasteiger charge is 2.19. The second-order valence-electron chi connectivity index (χ2n) is 6.42. The number of thiophene rings is 1. The van der Waals surface area contributed by atoms with Crippen LogP contribution in [0.2, 0.25) is 0 Å². The molecule has 3 aromatic rings. The van der Waals surface area contributed by atoms with Crippen molar-refractivity contribution in [3.8, 4) is 11.5 Å². The molecule has 0 radical (unpaired) electrons. The summed E-state index contributed by atoms with van der Waals surface area (Å²) in [5, 5.41) is 13.3. The van der Waals surface area contributed by atoms with Gasteiger partial charge in [-0.1, -0.05) is 12.1 Å². The number of allylic oxidation sites excluding steroid dienone is 1. The number of aromatic nitrogens is 2. The van der Waals surface area contributed by atoms with Crippen LogP contribution in [0, 0.1) is 0 Å². The second kappa shape index (κ2) is 8.83. The van der Waals surface area contributed by atoms with Crippen LogP contribution in [0.25, 0.3) is 0 Å². The van der Waals surface area contributed by atoms with E-state index in [9.17, 15) is 0 Å². The summed E-state index contributed by atoms with van der Waals surface area (Å²) < 4.78 is 12.5. The first-order valence-corrected chi connectivity index (χ1v) is 10.2. The van der Waals surface area contributed by atoms with Crippen molar-refractivity contribution in [1.29, 1.82) is 0 Å². The standard InChI is InChI=1S/C21H23N5O2S/c1-27-16-7-6-15(13-17(16)28-2)8-10-22-19-14-20(26-11-4-9-23-26)25-21(24-19)18-5-3-12-29-18/h3-7,9,11-14,21-22,24H,8,10H2,1-2H3. The van der Waals surface area contributed by atoms with Crippen molar-refractivity contribution in [2.24, 2.45) is 4.99 Å². The fraction of sp³-hybridized carbons (Fsp3) is 0.238. The van der Waals surface area contributed by atoms with Crippen molar-refractivity contribution < 1.29 is 9.47 Å². The maximum absolute atomic E-state index is 5.39. The maximum atomic E-state index is 5.39. The molecule has 0 spiro atoms. The smallest absolute Gasteiger partial charge is 0.160 e. The summed E-state index contributed by atoms with van der Waals surface area (Å²) in [4.78, 5) is 5.95. The van der Waals surface area contributed by atoms with Crippen molar-refractivity contribution in [1.82, 2.24) is 20.4 Å². The summed E-state index contributed by atoms with van der Waals surface area (Å²) in [6.07, 6.45) is 6.34. The van der Waals surface area contributed by atoms with Gasteiger partial charge in [0.2, 0.25) is 0 Å². The third-order valence-electron chi connectivity index (χ3n) is 4.56. The van der Waals surface area contributed by atoms with Crippen molar-refractivity contribution in [2.45, 2.75) is 12.6 Å². The van der Waals surface area contributed by atoms with Crippen LogP contribution in [0.1, 0.15) is 16.6 Å². The van der Waals surface area contributed by atoms with Crippen LogP contribution in [0.15, 0.2) is 71.1 Å². The Labute approximate surface area is 173 Å². The van der Waals surface area contributed by atoms with Gasteiger partial charge in [-0.2, -0.15) is 5.10 Å². The number of nitrogens with one attached hydrogen (secondary N) is 2. The molecule has 0 fully saturated rings. The van der Waals surface area contributed by atoms with Crippen LogP contribution in [0.4, 0.5) is 0 Å². The highest BCUT2D eigenvalue weighted by molar-refractivity contribution is 7.10. The molecule has 0 amide bonds. The maximum Gasteiger partial charge on any atom is 0.160 e. The van der Waals surface area contributed by atoms with E-state index in [1.54, 1.807) is 36.4 Å². The highest BCUT2D eigenvalue weighted by Crippen LogP contribution is 2.28. The molecule has 1 aliphatic rings. The summed E-state index contributed by atoms with van der Waals surface area (Å²) in [6.45, 7) is 0.762. The molecule has 150 valence electrons. The van der Waals surface area contributed by atoms with E-state index in [-0.39, 0.29) is 6.17 Å². The Morgan fingerprint density at radius 1 is 1.17 bits per heavy atom. The summed E-state index contributed by atoms with van der Waals surface area (Å²) in [5.74, 6) is 3.19. The molecule has 29 heavy (non-hydrogen) atoms. The van der Waals surface area contributed by atoms with Crippen LogP contribution in [0.3, 0.4) is 0 Å². The lowest BCUT2D eigenvalue weighted by atomic mass is 10.1. The summed E-state index contributed by atoms with van der Waals surface area (Å²) in [5.41, 5.74) is 1.17. The minimum Gasteiger partial charge on any atom is -0.493 e. The molecule has 1 unspecified atom stereocenters. The van der Waals surface area contributed by atoms with Gasteiger partial charge in [0, 0.05) is 29.9 Å². The average Bonchev–Trinajstić information content (AvgIpc) is 3.47. The van der Waals surface area contributed by atoms with Crippen molar-refractivity contribution in [3.05, 3.63) is 76.5 Å². The Morgan fingerprint density at radius 3 is 2.79 bits per heavy atom. The summed E-state index contributed by atoms with van der Waals surface area (Å²) in [7, 11) is 3.29. The molecular weight excluding hydrogens is 386 g/mol. The summed E-state index contributed by atoms with van der Waals surface area (Å²) in [6, 6.07) is 12.0. The first-order valence-electron chi connectivity index (χ1n) is 9.31. The molecule has 1 aliphatic heterocycles. The average molecular weight is 410 g/mol. The zero-order valence-corrected chi connectivity index (χ0v) is 17.1. The Kier molecular flexibility index (Phi) is 5.81. The summed E-state index contributed by atoms with van der Waals surface area (Å²) >= 11 is 1.68. The minimum absolute atomic E-state index is 0.136. The lowest BCUT2D eigenvalue weighted by molar-refractivity contribution is 0.354. The van der Waals surface area contributed by atoms with E-state index in [0.29, 0.717) is 0 Å². The molecule has 2 N–H and O–H groups in total. The van der Waals surface area contributed by atoms with E-state index in [1.807, 2.05) is 36.5 Å². The lowest BCUT2D eigenvalue weighted by Gasteiger charge is -2.24. The number of methoxy groups -OCH3 is 2. The molecule has 0 aliphatic carbocycles. The molecular formula is C21H23N5O2S. The van der Waals surface area contributed by atoms with Gasteiger partial charge in [-0.25, -0.2) is 9.67 Å². The van der Waals surface area contributed by atoms with Crippen LogP contribution in [-0.2, 0) is 6.42 Å². The molecule has 0 saturated carbocycles. The number of benzene rings is 1. The normalized spacial score (nSPS) is 15.9. The SMILES string of the molecule is COc1ccc(CCNC2=CC(n3cccn3)=NC(c3cccs3)N2)cc1OC. The third kappa shape index (κ3) is 4.43. The minimum atomic E-state index is -0.136. The van der Waals surface area contributed by atoms with Crippen molar-refractivity contribution >= 4 is 17.2 Å². The molecule has 0 bridgehead atoms. The van der Waals surface area contributed by atoms with Crippen molar-refractivity contribution in [2.75, 3.05) is 20.8 Å². The number of ether oxygens (including phenoxy) is 2. The number of hydrogen-bond acceptors (Lipinski definition) is 7. The lowest BCUT2D eigenvalue weighted by Crippen LogP contribution is -2.35. The molecule has 8 heteroatoms. The predicted molar refractivity (Wildman–Crippen MR) is 115 cm³/mol. The van der Waals surface area contributed by atoms with E-state index < -0.39 is 0 Å². The van der Waals surface area contributed by atoms with Crippen LogP contribution < -0.4 is 20.1 Å². The molecule has 2 aromatic heterocycles. The zero-order valence-electron chi connectivity index (χ0n) is 16.3. The van der Waals surface area contributed by atoms with Gasteiger partial charge in [0.1, 0.15) is 5.82 Å². The number of nitrogens with zero attached hydrogens (tertiary/aromatic N) is 3. The van der Waals surface area contributed by atoms with E-state index in [4.69, 9.17) is 14.5 Å². The molecule has 1 aromatic carbocycles. The van der Waals surface area contributed by atoms with Crippen LogP contribution in [-0.4, -0.2) is 36.4 Å². The predicted octanol–water partition coefficient (Wildman–Crippen LogP) is 3.18. The molecule has 0 saturated heterocycles. The van der Waals surface area contributed by atoms with Crippen LogP contribution >= 0.6 is 11.3 Å². The zero-order chi connectivity index (χ0) is 20.1. The highest BCUT2D eigenvalue weighted by atomic mass is 32.1. The third-order valence-corrected chi connectivity index (χ3v) is 5.48. The number of aliphatic imine (C=N–C) groups is 1. The van der Waals surface area contributed by atoms with Crippen molar-refractivity contribution in [3.63, 3.8) is 0 Å². The first-order chi connectivity index (χ1) is 14.3. The Hall–Kier alpha value is -3.26. The Morgan fingerprint density at radius 2 is 2.07 bits per heavy atom. The first kappa shape index (κ1) is 19.1. The fourth-order valence-corrected chi connectivity index (χ4v) is 3.82. The molecule has 4 rings (SSSR count). The van der Waals surface area contributed by atoms with Gasteiger partial charge < -0.3 is 20.1 Å². The van der Waals surface area contributed by atoms with Gasteiger partial charge in [0.15, 0.2) is 23.5 Å². The van der Waals surface area contributed by atoms with Crippen LogP contribution in [0.5, 0.6) is 11.5 Å². The van der Waals surface area contributed by atoms with E-state index in [1.165, 1.54) is 5.56 Å². The number of hydrogen-bond donors (Lipinski definition) is 2. The fourth-order valence-electron chi connectivity index (χ4n) is 3.11. The van der Waals surface area contributed by atoms with E-state index in [0.717, 1.165) is 41.0 Å². The molecule has 1 atom stereocenters. The van der Waals surface area contributed by atoms with Gasteiger partial charge in [-0.3, -0.25) is 0 Å². The quantitative estimate of drug-likeness (QED) is 0.627. The van der Waals surface area contributed by atoms with Gasteiger partial charge in [0.05, 0.1) is 14.2 Å². The Bertz CT molecular complexity index is 996. The van der Waals surface area contributed by atoms with E-state index >= 15 is 0 Å². The van der Waals surface area contributed by atoms with E-state index in [2.05, 4.69) is 33.2 Å². The largest absolute Gasteiger partial charge is 0.493 e. The van der Waals surface area contributed by atoms with Gasteiger partial charge in [-0.15, -0.1) is 11.3 Å². The Balaban J connectivity index is 1.45. The topological polar surface area (TPSA) is 72.7 Å². The van der Waals surface area contributed by atoms with Gasteiger partial charge >= 0.3 is 0 Å². The molecule has 3 heterocycles. The number of rotatable bonds is 7.